The van der Waals surface area contributed by atoms with Gasteiger partial charge in [-0.05, 0) is 30.0 Å². The Morgan fingerprint density at radius 1 is 1.30 bits per heavy atom. The summed E-state index contributed by atoms with van der Waals surface area (Å²) >= 11 is 6.03. The van der Waals surface area contributed by atoms with E-state index in [1.165, 1.54) is 0 Å². The fourth-order valence-electron chi connectivity index (χ4n) is 2.66. The van der Waals surface area contributed by atoms with Crippen LogP contribution in [0, 0.1) is 5.41 Å². The van der Waals surface area contributed by atoms with Gasteiger partial charge in [0.05, 0.1) is 24.1 Å². The maximum Gasteiger partial charge on any atom is 0.157 e. The minimum atomic E-state index is -0.851. The van der Waals surface area contributed by atoms with Crippen molar-refractivity contribution in [3.63, 3.8) is 0 Å². The van der Waals surface area contributed by atoms with Gasteiger partial charge in [-0.25, -0.2) is 0 Å². The first kappa shape index (κ1) is 17.8. The predicted octanol–water partition coefficient (Wildman–Crippen LogP) is 2.79. The van der Waals surface area contributed by atoms with E-state index in [1.807, 2.05) is 6.07 Å². The van der Waals surface area contributed by atoms with Gasteiger partial charge < -0.3 is 20.8 Å². The van der Waals surface area contributed by atoms with Gasteiger partial charge in [-0.15, -0.1) is 0 Å². The maximum atomic E-state index is 11.9. The highest BCUT2D eigenvalue weighted by molar-refractivity contribution is 6.31. The molecule has 0 saturated heterocycles. The topological polar surface area (TPSA) is 81.6 Å². The lowest BCUT2D eigenvalue weighted by Gasteiger charge is -2.29. The second-order valence-corrected chi connectivity index (χ2v) is 7.12. The second-order valence-electron chi connectivity index (χ2n) is 6.69. The largest absolute Gasteiger partial charge is 0.394 e. The van der Waals surface area contributed by atoms with Crippen LogP contribution in [-0.2, 0) is 4.79 Å². The molecule has 1 aromatic carbocycles. The van der Waals surface area contributed by atoms with E-state index < -0.39 is 6.10 Å². The molecule has 6 heteroatoms. The normalized spacial score (nSPS) is 18.3. The van der Waals surface area contributed by atoms with Crippen LogP contribution < -0.4 is 10.6 Å². The Morgan fingerprint density at radius 2 is 2.04 bits per heavy atom. The fourth-order valence-corrected chi connectivity index (χ4v) is 2.84. The van der Waals surface area contributed by atoms with Crippen molar-refractivity contribution in [2.24, 2.45) is 5.41 Å². The lowest BCUT2D eigenvalue weighted by Crippen LogP contribution is -2.25. The molecule has 0 radical (unpaired) electrons. The van der Waals surface area contributed by atoms with Crippen LogP contribution in [0.1, 0.15) is 26.7 Å². The number of carbonyl (C=O) groups is 1. The molecule has 0 heterocycles. The van der Waals surface area contributed by atoms with Crippen molar-refractivity contribution in [3.8, 4) is 0 Å². The quantitative estimate of drug-likeness (QED) is 0.641. The van der Waals surface area contributed by atoms with Crippen LogP contribution in [0.4, 0.5) is 11.4 Å². The third-order valence-electron chi connectivity index (χ3n) is 3.67. The Bertz CT molecular complexity index is 614. The van der Waals surface area contributed by atoms with Gasteiger partial charge in [0, 0.05) is 29.8 Å². The monoisotopic (exact) mass is 338 g/mol. The van der Waals surface area contributed by atoms with Gasteiger partial charge in [0.15, 0.2) is 5.78 Å². The first-order chi connectivity index (χ1) is 10.8. The van der Waals surface area contributed by atoms with Gasteiger partial charge in [0.25, 0.3) is 0 Å². The first-order valence-electron chi connectivity index (χ1n) is 7.62. The van der Waals surface area contributed by atoms with Gasteiger partial charge in [-0.3, -0.25) is 4.79 Å². The van der Waals surface area contributed by atoms with Crippen LogP contribution >= 0.6 is 11.6 Å². The van der Waals surface area contributed by atoms with Crippen LogP contribution in [-0.4, -0.2) is 35.3 Å². The number of anilines is 2. The zero-order chi connectivity index (χ0) is 17.0. The summed E-state index contributed by atoms with van der Waals surface area (Å²) < 4.78 is 0. The third-order valence-corrected chi connectivity index (χ3v) is 3.91. The van der Waals surface area contributed by atoms with Gasteiger partial charge in [-0.1, -0.05) is 25.4 Å². The van der Waals surface area contributed by atoms with E-state index in [9.17, 15) is 9.90 Å². The number of rotatable bonds is 6. The minimum Gasteiger partial charge on any atom is -0.394 e. The van der Waals surface area contributed by atoms with E-state index in [4.69, 9.17) is 16.7 Å². The molecule has 0 fully saturated rings. The molecule has 5 nitrogen and oxygen atoms in total. The number of nitrogens with one attached hydrogen (secondary N) is 2. The number of hydrogen-bond donors (Lipinski definition) is 4. The molecule has 0 bridgehead atoms. The molecular formula is C17H23ClN2O3. The number of allylic oxidation sites excluding steroid dienone is 2. The van der Waals surface area contributed by atoms with E-state index in [0.29, 0.717) is 17.1 Å². The molecule has 1 unspecified atom stereocenters. The number of aliphatic hydroxyl groups excluding tert-OH is 2. The Kier molecular flexibility index (Phi) is 5.68. The highest BCUT2D eigenvalue weighted by atomic mass is 35.5. The van der Waals surface area contributed by atoms with E-state index in [1.54, 1.807) is 18.2 Å². The average molecular weight is 339 g/mol. The van der Waals surface area contributed by atoms with Gasteiger partial charge in [0.1, 0.15) is 0 Å². The molecule has 0 spiro atoms. The molecule has 1 aliphatic carbocycles. The van der Waals surface area contributed by atoms with Crippen LogP contribution in [0.5, 0.6) is 0 Å². The van der Waals surface area contributed by atoms with Gasteiger partial charge in [0.2, 0.25) is 0 Å². The molecule has 0 saturated carbocycles. The molecule has 0 aliphatic heterocycles. The Hall–Kier alpha value is -1.56. The molecule has 23 heavy (non-hydrogen) atoms. The maximum absolute atomic E-state index is 11.9. The molecule has 4 N–H and O–H groups in total. The number of ketones is 1. The van der Waals surface area contributed by atoms with Crippen LogP contribution in [0.3, 0.4) is 0 Å². The van der Waals surface area contributed by atoms with Crippen molar-refractivity contribution in [2.75, 3.05) is 23.8 Å². The zero-order valence-electron chi connectivity index (χ0n) is 13.4. The molecule has 0 amide bonds. The van der Waals surface area contributed by atoms with E-state index in [0.717, 1.165) is 17.8 Å². The Labute approximate surface area is 141 Å². The van der Waals surface area contributed by atoms with Crippen molar-refractivity contribution in [1.82, 2.24) is 0 Å². The number of hydrogen-bond acceptors (Lipinski definition) is 5. The summed E-state index contributed by atoms with van der Waals surface area (Å²) in [5.74, 6) is 0.114. The molecule has 1 atom stereocenters. The van der Waals surface area contributed by atoms with Crippen molar-refractivity contribution in [2.45, 2.75) is 32.8 Å². The number of carbonyl (C=O) groups excluding carboxylic acids is 1. The molecule has 126 valence electrons. The summed E-state index contributed by atoms with van der Waals surface area (Å²) in [7, 11) is 0. The van der Waals surface area contributed by atoms with E-state index in [-0.39, 0.29) is 24.3 Å². The number of aliphatic hydroxyl groups is 2. The summed E-state index contributed by atoms with van der Waals surface area (Å²) in [5.41, 5.74) is 2.28. The Morgan fingerprint density at radius 3 is 2.70 bits per heavy atom. The van der Waals surface area contributed by atoms with Crippen molar-refractivity contribution in [3.05, 3.63) is 35.0 Å². The number of halogens is 1. The Balaban J connectivity index is 2.17. The van der Waals surface area contributed by atoms with Crippen LogP contribution in [0.15, 0.2) is 30.0 Å². The minimum absolute atomic E-state index is 0.0682. The lowest BCUT2D eigenvalue weighted by atomic mass is 9.79. The summed E-state index contributed by atoms with van der Waals surface area (Å²) in [5, 5.41) is 25.3. The SMILES string of the molecule is CC1(C)CC(=O)C=C(Nc2ccc(Cl)cc2NCC(O)CO)C1. The lowest BCUT2D eigenvalue weighted by molar-refractivity contribution is -0.117. The molecule has 2 rings (SSSR count). The third kappa shape index (κ3) is 5.23. The summed E-state index contributed by atoms with van der Waals surface area (Å²) in [6, 6.07) is 5.32. The van der Waals surface area contributed by atoms with E-state index in [2.05, 4.69) is 24.5 Å². The summed E-state index contributed by atoms with van der Waals surface area (Å²) in [6.07, 6.45) is 2.12. The van der Waals surface area contributed by atoms with Gasteiger partial charge in [-0.2, -0.15) is 0 Å². The summed E-state index contributed by atoms with van der Waals surface area (Å²) in [4.78, 5) is 11.9. The van der Waals surface area contributed by atoms with Crippen LogP contribution in [0.2, 0.25) is 5.02 Å². The molecule has 1 aromatic rings. The molecular weight excluding hydrogens is 316 g/mol. The average Bonchev–Trinajstić information content (AvgIpc) is 2.45. The zero-order valence-corrected chi connectivity index (χ0v) is 14.2. The van der Waals surface area contributed by atoms with Crippen molar-refractivity contribution in [1.29, 1.82) is 0 Å². The second kappa shape index (κ2) is 7.34. The predicted molar refractivity (Wildman–Crippen MR) is 92.8 cm³/mol. The summed E-state index contributed by atoms with van der Waals surface area (Å²) in [6.45, 7) is 4.02. The smallest absolute Gasteiger partial charge is 0.157 e. The highest BCUT2D eigenvalue weighted by Gasteiger charge is 2.27. The van der Waals surface area contributed by atoms with Crippen molar-refractivity contribution >= 4 is 28.8 Å². The highest BCUT2D eigenvalue weighted by Crippen LogP contribution is 2.35. The first-order valence-corrected chi connectivity index (χ1v) is 8.00. The number of benzene rings is 1. The fraction of sp³-hybridized carbons (Fsp3) is 0.471. The van der Waals surface area contributed by atoms with E-state index >= 15 is 0 Å². The standard InChI is InChI=1S/C17H23ClN2O3/c1-17(2)7-12(6-13(22)8-17)20-15-4-3-11(18)5-16(15)19-9-14(23)10-21/h3-6,14,19-21,23H,7-10H2,1-2H3. The molecule has 1 aliphatic rings. The van der Waals surface area contributed by atoms with Crippen molar-refractivity contribution < 1.29 is 15.0 Å². The van der Waals surface area contributed by atoms with Crippen LogP contribution in [0.25, 0.3) is 0 Å². The van der Waals surface area contributed by atoms with Gasteiger partial charge >= 0.3 is 0 Å². The molecule has 0 aromatic heterocycles.